The summed E-state index contributed by atoms with van der Waals surface area (Å²) in [4.78, 5) is 12.5. The van der Waals surface area contributed by atoms with Crippen molar-refractivity contribution in [3.05, 3.63) is 62.5 Å². The molecule has 0 aliphatic carbocycles. The summed E-state index contributed by atoms with van der Waals surface area (Å²) in [7, 11) is 0. The van der Waals surface area contributed by atoms with Gasteiger partial charge < -0.3 is 11.1 Å². The fourth-order valence-corrected chi connectivity index (χ4v) is 3.72. The van der Waals surface area contributed by atoms with Crippen molar-refractivity contribution in [2.45, 2.75) is 12.8 Å². The van der Waals surface area contributed by atoms with Crippen LogP contribution >= 0.6 is 31.9 Å². The highest BCUT2D eigenvalue weighted by atomic mass is 79.9. The predicted octanol–water partition coefficient (Wildman–Crippen LogP) is 4.20. The monoisotopic (exact) mass is 410 g/mol. The summed E-state index contributed by atoms with van der Waals surface area (Å²) in [6, 6.07) is 13.5. The average Bonchev–Trinajstić information content (AvgIpc) is 2.45. The number of benzene rings is 2. The minimum atomic E-state index is -0.369. The fourth-order valence-electron chi connectivity index (χ4n) is 2.11. The Labute approximate surface area is 141 Å². The normalized spacial score (nSPS) is 12.0. The molecule has 0 spiro atoms. The molecule has 110 valence electrons. The number of nitrogens with one attached hydrogen (secondary N) is 1. The van der Waals surface area contributed by atoms with Crippen molar-refractivity contribution >= 4 is 43.5 Å². The van der Waals surface area contributed by atoms with Crippen molar-refractivity contribution in [1.82, 2.24) is 0 Å². The molecule has 1 unspecified atom stereocenters. The van der Waals surface area contributed by atoms with Crippen LogP contribution in [0.3, 0.4) is 0 Å². The van der Waals surface area contributed by atoms with Crippen LogP contribution in [-0.4, -0.2) is 12.5 Å². The zero-order chi connectivity index (χ0) is 15.4. The number of carbonyl (C=O) groups is 1. The van der Waals surface area contributed by atoms with Crippen LogP contribution in [0, 0.1) is 6.92 Å². The molecular formula is C16H16Br2N2O. The van der Waals surface area contributed by atoms with E-state index in [1.807, 2.05) is 49.4 Å². The van der Waals surface area contributed by atoms with Gasteiger partial charge >= 0.3 is 0 Å². The third kappa shape index (κ3) is 3.93. The number of aryl methyl sites for hydroxylation is 1. The van der Waals surface area contributed by atoms with Crippen molar-refractivity contribution in [3.63, 3.8) is 0 Å². The van der Waals surface area contributed by atoms with Gasteiger partial charge in [0.1, 0.15) is 0 Å². The third-order valence-electron chi connectivity index (χ3n) is 3.19. The first-order valence-corrected chi connectivity index (χ1v) is 8.13. The van der Waals surface area contributed by atoms with Crippen molar-refractivity contribution < 1.29 is 4.79 Å². The summed E-state index contributed by atoms with van der Waals surface area (Å²) in [5, 5.41) is 2.94. The van der Waals surface area contributed by atoms with Crippen LogP contribution in [0.25, 0.3) is 0 Å². The number of hydrogen-bond acceptors (Lipinski definition) is 2. The molecule has 5 heteroatoms. The van der Waals surface area contributed by atoms with E-state index < -0.39 is 0 Å². The lowest BCUT2D eigenvalue weighted by molar-refractivity contribution is -0.117. The van der Waals surface area contributed by atoms with E-state index in [9.17, 15) is 4.79 Å². The topological polar surface area (TPSA) is 55.1 Å². The average molecular weight is 412 g/mol. The number of rotatable bonds is 4. The molecule has 0 saturated carbocycles. The summed E-state index contributed by atoms with van der Waals surface area (Å²) < 4.78 is 1.68. The second-order valence-corrected chi connectivity index (χ2v) is 6.50. The molecule has 0 aromatic heterocycles. The van der Waals surface area contributed by atoms with Gasteiger partial charge in [-0.05, 0) is 62.0 Å². The van der Waals surface area contributed by atoms with Crippen LogP contribution in [0.5, 0.6) is 0 Å². The second kappa shape index (κ2) is 7.20. The third-order valence-corrected chi connectivity index (χ3v) is 4.44. The number of halogens is 2. The van der Waals surface area contributed by atoms with Gasteiger partial charge in [0, 0.05) is 15.5 Å². The summed E-state index contributed by atoms with van der Waals surface area (Å²) in [6.45, 7) is 2.25. The summed E-state index contributed by atoms with van der Waals surface area (Å²) >= 11 is 6.96. The molecule has 21 heavy (non-hydrogen) atoms. The maximum absolute atomic E-state index is 12.5. The first-order chi connectivity index (χ1) is 10.0. The first-order valence-electron chi connectivity index (χ1n) is 6.54. The van der Waals surface area contributed by atoms with E-state index in [0.29, 0.717) is 0 Å². The highest BCUT2D eigenvalue weighted by molar-refractivity contribution is 9.11. The molecule has 3 N–H and O–H groups in total. The van der Waals surface area contributed by atoms with Crippen LogP contribution in [0.2, 0.25) is 0 Å². The number of hydrogen-bond donors (Lipinski definition) is 2. The van der Waals surface area contributed by atoms with Gasteiger partial charge in [-0.15, -0.1) is 0 Å². The maximum atomic E-state index is 12.5. The number of carbonyl (C=O) groups excluding carboxylic acids is 1. The van der Waals surface area contributed by atoms with Gasteiger partial charge in [0.05, 0.1) is 11.6 Å². The molecule has 1 amide bonds. The Bertz CT molecular complexity index is 621. The highest BCUT2D eigenvalue weighted by Gasteiger charge is 2.20. The summed E-state index contributed by atoms with van der Waals surface area (Å²) in [5.74, 6) is -0.486. The van der Waals surface area contributed by atoms with Crippen LogP contribution in [0.4, 0.5) is 5.69 Å². The number of nitrogens with two attached hydrogens (primary N) is 1. The van der Waals surface area contributed by atoms with E-state index >= 15 is 0 Å². The van der Waals surface area contributed by atoms with E-state index in [1.165, 1.54) is 0 Å². The molecule has 0 fully saturated rings. The zero-order valence-corrected chi connectivity index (χ0v) is 14.7. The first kappa shape index (κ1) is 16.2. The van der Waals surface area contributed by atoms with E-state index in [-0.39, 0.29) is 18.4 Å². The van der Waals surface area contributed by atoms with Gasteiger partial charge in [-0.1, -0.05) is 30.3 Å². The van der Waals surface area contributed by atoms with E-state index in [2.05, 4.69) is 37.2 Å². The molecule has 0 radical (unpaired) electrons. The molecule has 0 aliphatic rings. The fraction of sp³-hybridized carbons (Fsp3) is 0.188. The number of anilines is 1. The van der Waals surface area contributed by atoms with E-state index in [0.717, 1.165) is 25.8 Å². The van der Waals surface area contributed by atoms with Gasteiger partial charge in [-0.3, -0.25) is 4.79 Å². The van der Waals surface area contributed by atoms with Crippen LogP contribution < -0.4 is 11.1 Å². The molecule has 0 bridgehead atoms. The summed E-state index contributed by atoms with van der Waals surface area (Å²) in [5.41, 5.74) is 8.51. The maximum Gasteiger partial charge on any atom is 0.233 e. The quantitative estimate of drug-likeness (QED) is 0.791. The molecule has 2 aromatic rings. The molecule has 0 saturated heterocycles. The Hall–Kier alpha value is -1.17. The largest absolute Gasteiger partial charge is 0.329 e. The van der Waals surface area contributed by atoms with E-state index in [4.69, 9.17) is 5.73 Å². The summed E-state index contributed by atoms with van der Waals surface area (Å²) in [6.07, 6.45) is 0. The van der Waals surface area contributed by atoms with Gasteiger partial charge in [-0.2, -0.15) is 0 Å². The lowest BCUT2D eigenvalue weighted by atomic mass is 9.98. The smallest absolute Gasteiger partial charge is 0.233 e. The molecule has 0 heterocycles. The molecule has 2 rings (SSSR count). The lowest BCUT2D eigenvalue weighted by Gasteiger charge is -2.17. The lowest BCUT2D eigenvalue weighted by Crippen LogP contribution is -2.27. The van der Waals surface area contributed by atoms with E-state index in [1.54, 1.807) is 0 Å². The van der Waals surface area contributed by atoms with Crippen molar-refractivity contribution in [2.24, 2.45) is 5.73 Å². The Morgan fingerprint density at radius 2 is 1.76 bits per heavy atom. The standard InChI is InChI=1S/C16H16Br2N2O/c1-10-7-13(17)15(14(18)8-10)20-16(21)12(9-19)11-5-3-2-4-6-11/h2-8,12H,9,19H2,1H3,(H,20,21). The molecule has 1 atom stereocenters. The number of amides is 1. The second-order valence-electron chi connectivity index (χ2n) is 4.79. The molecule has 3 nitrogen and oxygen atoms in total. The minimum absolute atomic E-state index is 0.117. The van der Waals surface area contributed by atoms with Crippen molar-refractivity contribution in [2.75, 3.05) is 11.9 Å². The molecule has 2 aromatic carbocycles. The van der Waals surface area contributed by atoms with Crippen molar-refractivity contribution in [3.8, 4) is 0 Å². The zero-order valence-electron chi connectivity index (χ0n) is 11.6. The predicted molar refractivity (Wildman–Crippen MR) is 93.4 cm³/mol. The van der Waals surface area contributed by atoms with Gasteiger partial charge in [-0.25, -0.2) is 0 Å². The minimum Gasteiger partial charge on any atom is -0.329 e. The SMILES string of the molecule is Cc1cc(Br)c(NC(=O)C(CN)c2ccccc2)c(Br)c1. The van der Waals surface area contributed by atoms with Gasteiger partial charge in [0.15, 0.2) is 0 Å². The van der Waals surface area contributed by atoms with Crippen molar-refractivity contribution in [1.29, 1.82) is 0 Å². The Balaban J connectivity index is 2.25. The highest BCUT2D eigenvalue weighted by Crippen LogP contribution is 2.33. The molecular weight excluding hydrogens is 396 g/mol. The van der Waals surface area contributed by atoms with Gasteiger partial charge in [0.25, 0.3) is 0 Å². The Kier molecular flexibility index (Phi) is 5.56. The van der Waals surface area contributed by atoms with Crippen LogP contribution in [-0.2, 0) is 4.79 Å². The molecule has 0 aliphatic heterocycles. The Morgan fingerprint density at radius 1 is 1.19 bits per heavy atom. The van der Waals surface area contributed by atoms with Gasteiger partial charge in [0.2, 0.25) is 5.91 Å². The van der Waals surface area contributed by atoms with Crippen LogP contribution in [0.15, 0.2) is 51.4 Å². The Morgan fingerprint density at radius 3 is 2.29 bits per heavy atom. The van der Waals surface area contributed by atoms with Crippen LogP contribution in [0.1, 0.15) is 17.0 Å².